The van der Waals surface area contributed by atoms with Crippen LogP contribution in [0, 0.1) is 6.92 Å². The first-order chi connectivity index (χ1) is 14.2. The lowest BCUT2D eigenvalue weighted by Gasteiger charge is -2.10. The van der Waals surface area contributed by atoms with Crippen molar-refractivity contribution < 1.29 is 9.84 Å². The number of rotatable bonds is 19. The summed E-state index contributed by atoms with van der Waals surface area (Å²) in [4.78, 5) is 0. The van der Waals surface area contributed by atoms with Crippen LogP contribution in [-0.2, 0) is 6.42 Å². The van der Waals surface area contributed by atoms with Gasteiger partial charge in [0.1, 0.15) is 11.5 Å². The van der Waals surface area contributed by atoms with Crippen LogP contribution in [0.3, 0.4) is 0 Å². The molecule has 0 atom stereocenters. The van der Waals surface area contributed by atoms with Crippen LogP contribution >= 0.6 is 0 Å². The van der Waals surface area contributed by atoms with Crippen LogP contribution in [0.1, 0.15) is 127 Å². The molecule has 0 radical (unpaired) electrons. The Labute approximate surface area is 181 Å². The van der Waals surface area contributed by atoms with Gasteiger partial charge in [0.2, 0.25) is 0 Å². The summed E-state index contributed by atoms with van der Waals surface area (Å²) in [6.45, 7) is 4.19. The van der Waals surface area contributed by atoms with Crippen LogP contribution < -0.4 is 4.74 Å². The largest absolute Gasteiger partial charge is 0.508 e. The Balaban J connectivity index is 1.87. The summed E-state index contributed by atoms with van der Waals surface area (Å²) in [6.07, 6.45) is 24.9. The van der Waals surface area contributed by atoms with Crippen LogP contribution in [0.5, 0.6) is 11.5 Å². The number of unbranched alkanes of at least 4 members (excludes halogenated alkanes) is 16. The van der Waals surface area contributed by atoms with Gasteiger partial charge in [-0.05, 0) is 37.5 Å². The van der Waals surface area contributed by atoms with Crippen molar-refractivity contribution in [3.8, 4) is 11.5 Å². The lowest BCUT2D eigenvalue weighted by Crippen LogP contribution is -1.92. The molecule has 1 rings (SSSR count). The normalized spacial score (nSPS) is 11.1. The molecule has 0 aliphatic heterocycles. The fraction of sp³-hybridized carbons (Fsp3) is 0.778. The van der Waals surface area contributed by atoms with Gasteiger partial charge >= 0.3 is 0 Å². The first-order valence-corrected chi connectivity index (χ1v) is 12.6. The Morgan fingerprint density at radius 2 is 1.07 bits per heavy atom. The van der Waals surface area contributed by atoms with E-state index in [4.69, 9.17) is 4.74 Å². The monoisotopic (exact) mass is 404 g/mol. The zero-order valence-electron chi connectivity index (χ0n) is 19.7. The van der Waals surface area contributed by atoms with Gasteiger partial charge in [0.25, 0.3) is 0 Å². The molecule has 0 aliphatic rings. The quantitative estimate of drug-likeness (QED) is 0.233. The van der Waals surface area contributed by atoms with Crippen molar-refractivity contribution in [3.63, 3.8) is 0 Å². The third-order valence-electron chi connectivity index (χ3n) is 6.18. The standard InChI is InChI=1S/C27H48O2/c1-4-5-6-7-8-9-10-11-12-13-14-15-16-17-18-19-20-21-25-22-26(28)24(2)27(23-25)29-3/h22-23,28H,4-21H2,1-3H3. The van der Waals surface area contributed by atoms with Gasteiger partial charge in [-0.1, -0.05) is 110 Å². The summed E-state index contributed by atoms with van der Waals surface area (Å²) < 4.78 is 5.34. The fourth-order valence-electron chi connectivity index (χ4n) is 4.14. The van der Waals surface area contributed by atoms with Gasteiger partial charge in [0.15, 0.2) is 0 Å². The second-order valence-corrected chi connectivity index (χ2v) is 8.85. The number of phenolic OH excluding ortho intramolecular Hbond substituents is 1. The zero-order chi connectivity index (χ0) is 21.2. The average molecular weight is 405 g/mol. The Kier molecular flexibility index (Phi) is 15.7. The summed E-state index contributed by atoms with van der Waals surface area (Å²) in [7, 11) is 1.67. The van der Waals surface area contributed by atoms with Crippen LogP contribution in [0.15, 0.2) is 12.1 Å². The maximum Gasteiger partial charge on any atom is 0.125 e. The van der Waals surface area contributed by atoms with E-state index in [1.165, 1.54) is 115 Å². The van der Waals surface area contributed by atoms with Gasteiger partial charge in [-0.25, -0.2) is 0 Å². The van der Waals surface area contributed by atoms with Crippen molar-refractivity contribution in [2.45, 2.75) is 129 Å². The second-order valence-electron chi connectivity index (χ2n) is 8.85. The number of aromatic hydroxyl groups is 1. The minimum Gasteiger partial charge on any atom is -0.508 e. The third-order valence-corrected chi connectivity index (χ3v) is 6.18. The molecule has 0 aliphatic carbocycles. The zero-order valence-corrected chi connectivity index (χ0v) is 19.7. The van der Waals surface area contributed by atoms with Gasteiger partial charge < -0.3 is 9.84 Å². The fourth-order valence-corrected chi connectivity index (χ4v) is 4.14. The lowest BCUT2D eigenvalue weighted by atomic mass is 10.0. The number of hydrogen-bond donors (Lipinski definition) is 1. The maximum atomic E-state index is 9.98. The number of methoxy groups -OCH3 is 1. The van der Waals surface area contributed by atoms with E-state index < -0.39 is 0 Å². The topological polar surface area (TPSA) is 29.5 Å². The predicted molar refractivity (Wildman–Crippen MR) is 127 cm³/mol. The van der Waals surface area contributed by atoms with E-state index in [9.17, 15) is 5.11 Å². The highest BCUT2D eigenvalue weighted by molar-refractivity contribution is 5.46. The summed E-state index contributed by atoms with van der Waals surface area (Å²) in [5.74, 6) is 1.15. The molecule has 2 heteroatoms. The molecule has 1 aromatic carbocycles. The van der Waals surface area contributed by atoms with E-state index in [0.717, 1.165) is 17.7 Å². The van der Waals surface area contributed by atoms with E-state index in [1.807, 2.05) is 13.0 Å². The summed E-state index contributed by atoms with van der Waals surface area (Å²) >= 11 is 0. The van der Waals surface area contributed by atoms with Crippen molar-refractivity contribution >= 4 is 0 Å². The molecule has 0 bridgehead atoms. The Hall–Kier alpha value is -1.18. The highest BCUT2D eigenvalue weighted by Gasteiger charge is 2.06. The molecule has 0 fully saturated rings. The molecule has 0 heterocycles. The van der Waals surface area contributed by atoms with Crippen molar-refractivity contribution in [1.82, 2.24) is 0 Å². The Morgan fingerprint density at radius 1 is 0.655 bits per heavy atom. The minimum absolute atomic E-state index is 0.353. The van der Waals surface area contributed by atoms with E-state index in [1.54, 1.807) is 7.11 Å². The molecule has 0 spiro atoms. The first kappa shape index (κ1) is 25.9. The first-order valence-electron chi connectivity index (χ1n) is 12.6. The van der Waals surface area contributed by atoms with Crippen LogP contribution in [0.25, 0.3) is 0 Å². The molecule has 0 aromatic heterocycles. The van der Waals surface area contributed by atoms with E-state index in [2.05, 4.69) is 13.0 Å². The molecule has 168 valence electrons. The molecule has 0 saturated heterocycles. The number of hydrogen-bond acceptors (Lipinski definition) is 2. The van der Waals surface area contributed by atoms with Crippen molar-refractivity contribution in [2.24, 2.45) is 0 Å². The molecule has 1 N–H and O–H groups in total. The number of phenols is 1. The van der Waals surface area contributed by atoms with Gasteiger partial charge in [-0.3, -0.25) is 0 Å². The molecular weight excluding hydrogens is 356 g/mol. The van der Waals surface area contributed by atoms with Crippen molar-refractivity contribution in [3.05, 3.63) is 23.3 Å². The Morgan fingerprint density at radius 3 is 1.48 bits per heavy atom. The smallest absolute Gasteiger partial charge is 0.125 e. The minimum atomic E-state index is 0.353. The molecule has 2 nitrogen and oxygen atoms in total. The predicted octanol–water partition coefficient (Wildman–Crippen LogP) is 8.90. The average Bonchev–Trinajstić information content (AvgIpc) is 2.72. The summed E-state index contributed by atoms with van der Waals surface area (Å²) in [5.41, 5.74) is 2.02. The van der Waals surface area contributed by atoms with Crippen LogP contribution in [0.4, 0.5) is 0 Å². The van der Waals surface area contributed by atoms with Gasteiger partial charge in [-0.2, -0.15) is 0 Å². The van der Waals surface area contributed by atoms with Crippen molar-refractivity contribution in [1.29, 1.82) is 0 Å². The van der Waals surface area contributed by atoms with E-state index >= 15 is 0 Å². The van der Waals surface area contributed by atoms with Crippen LogP contribution in [-0.4, -0.2) is 12.2 Å². The van der Waals surface area contributed by atoms with Gasteiger partial charge in [-0.15, -0.1) is 0 Å². The second kappa shape index (κ2) is 17.7. The highest BCUT2D eigenvalue weighted by atomic mass is 16.5. The van der Waals surface area contributed by atoms with E-state index in [0.29, 0.717) is 5.75 Å². The molecule has 0 unspecified atom stereocenters. The van der Waals surface area contributed by atoms with E-state index in [-0.39, 0.29) is 0 Å². The SMILES string of the molecule is CCCCCCCCCCCCCCCCCCCc1cc(O)c(C)c(OC)c1. The molecule has 0 amide bonds. The maximum absolute atomic E-state index is 9.98. The molecule has 0 saturated carbocycles. The van der Waals surface area contributed by atoms with Gasteiger partial charge in [0, 0.05) is 5.56 Å². The highest BCUT2D eigenvalue weighted by Crippen LogP contribution is 2.29. The molecule has 29 heavy (non-hydrogen) atoms. The summed E-state index contributed by atoms with van der Waals surface area (Å²) in [6, 6.07) is 3.96. The third kappa shape index (κ3) is 12.9. The lowest BCUT2D eigenvalue weighted by molar-refractivity contribution is 0.402. The van der Waals surface area contributed by atoms with Crippen molar-refractivity contribution in [2.75, 3.05) is 7.11 Å². The molecular formula is C27H48O2. The summed E-state index contributed by atoms with van der Waals surface area (Å²) in [5, 5.41) is 9.98. The molecule has 1 aromatic rings. The van der Waals surface area contributed by atoms with Crippen LogP contribution in [0.2, 0.25) is 0 Å². The number of ether oxygens (including phenoxy) is 1. The Bertz CT molecular complexity index is 510. The van der Waals surface area contributed by atoms with Gasteiger partial charge in [0.05, 0.1) is 7.11 Å². The number of aryl methyl sites for hydroxylation is 1. The number of benzene rings is 1.